The monoisotopic (exact) mass is 330 g/mol. The van der Waals surface area contributed by atoms with E-state index in [9.17, 15) is 4.79 Å². The van der Waals surface area contributed by atoms with Crippen LogP contribution in [0.2, 0.25) is 10.0 Å². The molecule has 13 heavy (non-hydrogen) atoms. The summed E-state index contributed by atoms with van der Waals surface area (Å²) < 4.78 is 5.21. The van der Waals surface area contributed by atoms with Crippen LogP contribution in [-0.4, -0.2) is 13.1 Å². The molecule has 0 atom stereocenters. The van der Waals surface area contributed by atoms with Crippen molar-refractivity contribution < 1.29 is 9.53 Å². The number of rotatable bonds is 1. The van der Waals surface area contributed by atoms with Crippen molar-refractivity contribution >= 4 is 51.8 Å². The average molecular weight is 331 g/mol. The number of hydrogen-bond acceptors (Lipinski definition) is 2. The topological polar surface area (TPSA) is 26.3 Å². The highest BCUT2D eigenvalue weighted by Gasteiger charge is 2.13. The summed E-state index contributed by atoms with van der Waals surface area (Å²) in [4.78, 5) is 11.2. The molecular weight excluding hydrogens is 326 g/mol. The second-order valence-electron chi connectivity index (χ2n) is 2.24. The molecule has 0 amide bonds. The number of esters is 1. The molecule has 2 nitrogen and oxygen atoms in total. The normalized spacial score (nSPS) is 9.85. The predicted molar refractivity (Wildman–Crippen MR) is 60.5 cm³/mol. The third kappa shape index (κ3) is 2.48. The molecule has 0 N–H and O–H groups in total. The lowest BCUT2D eigenvalue weighted by Gasteiger charge is -2.04. The number of carbonyl (C=O) groups is 1. The summed E-state index contributed by atoms with van der Waals surface area (Å²) in [6, 6.07) is 3.11. The van der Waals surface area contributed by atoms with Crippen molar-refractivity contribution in [2.75, 3.05) is 7.11 Å². The molecule has 70 valence electrons. The third-order valence-corrected chi connectivity index (χ3v) is 3.40. The van der Waals surface area contributed by atoms with Gasteiger partial charge in [-0.1, -0.05) is 23.2 Å². The quantitative estimate of drug-likeness (QED) is 0.448. The van der Waals surface area contributed by atoms with Gasteiger partial charge in [0.2, 0.25) is 0 Å². The molecule has 0 saturated heterocycles. The van der Waals surface area contributed by atoms with Gasteiger partial charge in [0.15, 0.2) is 0 Å². The van der Waals surface area contributed by atoms with Gasteiger partial charge in [0, 0.05) is 8.59 Å². The van der Waals surface area contributed by atoms with Crippen molar-refractivity contribution in [1.82, 2.24) is 0 Å². The molecule has 1 aromatic carbocycles. The Bertz CT molecular complexity index is 352. The zero-order valence-electron chi connectivity index (χ0n) is 6.61. The molecule has 0 aliphatic carbocycles. The van der Waals surface area contributed by atoms with E-state index in [4.69, 9.17) is 23.2 Å². The van der Waals surface area contributed by atoms with E-state index in [1.807, 2.05) is 22.6 Å². The fourth-order valence-electron chi connectivity index (χ4n) is 0.814. The largest absolute Gasteiger partial charge is 0.465 e. The van der Waals surface area contributed by atoms with Crippen LogP contribution in [0.1, 0.15) is 10.4 Å². The Balaban J connectivity index is 3.28. The molecule has 0 radical (unpaired) electrons. The predicted octanol–water partition coefficient (Wildman–Crippen LogP) is 3.38. The van der Waals surface area contributed by atoms with Gasteiger partial charge in [0.05, 0.1) is 17.7 Å². The highest BCUT2D eigenvalue weighted by molar-refractivity contribution is 14.1. The molecule has 0 aliphatic rings. The lowest BCUT2D eigenvalue weighted by molar-refractivity contribution is 0.0599. The molecule has 0 fully saturated rings. The number of benzene rings is 1. The Kier molecular flexibility index (Phi) is 3.82. The molecule has 0 heterocycles. The van der Waals surface area contributed by atoms with Gasteiger partial charge in [-0.2, -0.15) is 0 Å². The Labute approximate surface area is 99.3 Å². The van der Waals surface area contributed by atoms with Gasteiger partial charge in [-0.3, -0.25) is 0 Å². The summed E-state index contributed by atoms with van der Waals surface area (Å²) >= 11 is 13.5. The van der Waals surface area contributed by atoms with E-state index in [0.717, 1.165) is 0 Å². The molecule has 1 rings (SSSR count). The maximum atomic E-state index is 11.2. The maximum absolute atomic E-state index is 11.2. The van der Waals surface area contributed by atoms with Gasteiger partial charge in [-0.05, 0) is 34.7 Å². The molecule has 0 spiro atoms. The van der Waals surface area contributed by atoms with Crippen molar-refractivity contribution in [3.05, 3.63) is 31.3 Å². The average Bonchev–Trinajstić information content (AvgIpc) is 2.10. The maximum Gasteiger partial charge on any atom is 0.339 e. The van der Waals surface area contributed by atoms with Crippen molar-refractivity contribution in [1.29, 1.82) is 0 Å². The highest BCUT2D eigenvalue weighted by atomic mass is 127. The summed E-state index contributed by atoms with van der Waals surface area (Å²) in [6.45, 7) is 0. The zero-order valence-corrected chi connectivity index (χ0v) is 10.3. The van der Waals surface area contributed by atoms with E-state index >= 15 is 0 Å². The Morgan fingerprint density at radius 1 is 1.46 bits per heavy atom. The first-order valence-electron chi connectivity index (χ1n) is 3.29. The number of carbonyl (C=O) groups excluding carboxylic acids is 1. The summed E-state index contributed by atoms with van der Waals surface area (Å²) in [6.07, 6.45) is 0. The van der Waals surface area contributed by atoms with Gasteiger partial charge >= 0.3 is 5.97 Å². The van der Waals surface area contributed by atoms with Crippen molar-refractivity contribution in [2.24, 2.45) is 0 Å². The van der Waals surface area contributed by atoms with Crippen LogP contribution in [0.15, 0.2) is 12.1 Å². The van der Waals surface area contributed by atoms with Crippen LogP contribution in [0, 0.1) is 3.57 Å². The second-order valence-corrected chi connectivity index (χ2v) is 4.16. The fourth-order valence-corrected chi connectivity index (χ4v) is 1.84. The van der Waals surface area contributed by atoms with E-state index in [2.05, 4.69) is 4.74 Å². The number of methoxy groups -OCH3 is 1. The van der Waals surface area contributed by atoms with E-state index in [1.165, 1.54) is 13.2 Å². The first-order chi connectivity index (χ1) is 6.06. The minimum Gasteiger partial charge on any atom is -0.465 e. The third-order valence-electron chi connectivity index (χ3n) is 1.40. The number of halogens is 3. The first kappa shape index (κ1) is 11.1. The fraction of sp³-hybridized carbons (Fsp3) is 0.125. The standard InChI is InChI=1S/C8H5Cl2IO2/c1-13-8(12)5-2-4(9)3-6(10)7(5)11/h2-3H,1H3. The molecular formula is C8H5Cl2IO2. The summed E-state index contributed by atoms with van der Waals surface area (Å²) in [5.41, 5.74) is 0.389. The Morgan fingerprint density at radius 2 is 2.08 bits per heavy atom. The smallest absolute Gasteiger partial charge is 0.339 e. The lowest BCUT2D eigenvalue weighted by Crippen LogP contribution is -2.04. The molecule has 0 aliphatic heterocycles. The SMILES string of the molecule is COC(=O)c1cc(Cl)cc(Cl)c1I. The minimum atomic E-state index is -0.436. The number of ether oxygens (including phenoxy) is 1. The van der Waals surface area contributed by atoms with Crippen LogP contribution in [0.25, 0.3) is 0 Å². The van der Waals surface area contributed by atoms with Gasteiger partial charge in [0.1, 0.15) is 0 Å². The molecule has 1 aromatic rings. The lowest BCUT2D eigenvalue weighted by atomic mass is 10.2. The molecule has 0 bridgehead atoms. The van der Waals surface area contributed by atoms with Gasteiger partial charge in [0.25, 0.3) is 0 Å². The summed E-state index contributed by atoms with van der Waals surface area (Å²) in [7, 11) is 1.31. The van der Waals surface area contributed by atoms with Crippen LogP contribution >= 0.6 is 45.8 Å². The van der Waals surface area contributed by atoms with Crippen LogP contribution in [0.4, 0.5) is 0 Å². The summed E-state index contributed by atoms with van der Waals surface area (Å²) in [5.74, 6) is -0.436. The van der Waals surface area contributed by atoms with Gasteiger partial charge in [-0.15, -0.1) is 0 Å². The minimum absolute atomic E-state index is 0.389. The van der Waals surface area contributed by atoms with Crippen molar-refractivity contribution in [2.45, 2.75) is 0 Å². The van der Waals surface area contributed by atoms with Crippen LogP contribution in [0.5, 0.6) is 0 Å². The zero-order chi connectivity index (χ0) is 10.0. The van der Waals surface area contributed by atoms with E-state index in [-0.39, 0.29) is 0 Å². The summed E-state index contributed by atoms with van der Waals surface area (Å²) in [5, 5.41) is 0.874. The highest BCUT2D eigenvalue weighted by Crippen LogP contribution is 2.27. The molecule has 0 unspecified atom stereocenters. The van der Waals surface area contributed by atoms with E-state index < -0.39 is 5.97 Å². The Morgan fingerprint density at radius 3 is 2.62 bits per heavy atom. The van der Waals surface area contributed by atoms with Crippen LogP contribution in [0.3, 0.4) is 0 Å². The Hall–Kier alpha value is -0.000000000000000111. The first-order valence-corrected chi connectivity index (χ1v) is 5.12. The molecule has 0 saturated carbocycles. The molecule has 0 aromatic heterocycles. The van der Waals surface area contributed by atoms with Crippen LogP contribution < -0.4 is 0 Å². The van der Waals surface area contributed by atoms with Crippen LogP contribution in [-0.2, 0) is 4.74 Å². The van der Waals surface area contributed by atoms with E-state index in [1.54, 1.807) is 6.07 Å². The molecule has 5 heteroatoms. The van der Waals surface area contributed by atoms with Crippen molar-refractivity contribution in [3.63, 3.8) is 0 Å². The number of hydrogen-bond donors (Lipinski definition) is 0. The second kappa shape index (κ2) is 4.48. The van der Waals surface area contributed by atoms with E-state index in [0.29, 0.717) is 19.2 Å². The van der Waals surface area contributed by atoms with Crippen molar-refractivity contribution in [3.8, 4) is 0 Å². The van der Waals surface area contributed by atoms with Gasteiger partial charge in [-0.25, -0.2) is 4.79 Å². The van der Waals surface area contributed by atoms with Gasteiger partial charge < -0.3 is 4.74 Å².